The van der Waals surface area contributed by atoms with Gasteiger partial charge in [0.05, 0.1) is 30.2 Å². The monoisotopic (exact) mass is 580 g/mol. The molecule has 0 unspecified atom stereocenters. The van der Waals surface area contributed by atoms with Crippen molar-refractivity contribution in [1.29, 1.82) is 0 Å². The number of hydrogen-bond acceptors (Lipinski definition) is 6. The van der Waals surface area contributed by atoms with Gasteiger partial charge in [-0.2, -0.15) is 13.2 Å². The third kappa shape index (κ3) is 7.12. The fourth-order valence-electron chi connectivity index (χ4n) is 4.32. The van der Waals surface area contributed by atoms with Crippen LogP contribution in [0.5, 0.6) is 5.75 Å². The molecule has 42 heavy (non-hydrogen) atoms. The van der Waals surface area contributed by atoms with Crippen LogP contribution in [-0.2, 0) is 17.4 Å². The Balaban J connectivity index is 1.63. The van der Waals surface area contributed by atoms with Gasteiger partial charge in [0.25, 0.3) is 5.91 Å². The molecule has 2 N–H and O–H groups in total. The number of alkyl halides is 3. The number of carbonyl (C=O) groups excluding carboxylic acids is 2. The van der Waals surface area contributed by atoms with Gasteiger partial charge in [-0.1, -0.05) is 25.1 Å². The second-order valence-electron chi connectivity index (χ2n) is 10.3. The van der Waals surface area contributed by atoms with Crippen LogP contribution in [0.1, 0.15) is 54.2 Å². The van der Waals surface area contributed by atoms with E-state index in [9.17, 15) is 22.8 Å². The number of aryl methyl sites for hydroxylation is 2. The van der Waals surface area contributed by atoms with Gasteiger partial charge < -0.3 is 15.4 Å². The van der Waals surface area contributed by atoms with Gasteiger partial charge in [-0.3, -0.25) is 9.59 Å². The summed E-state index contributed by atoms with van der Waals surface area (Å²) in [4.78, 5) is 28.7. The predicted octanol–water partition coefficient (Wildman–Crippen LogP) is 6.46. The van der Waals surface area contributed by atoms with Gasteiger partial charge in [-0.15, -0.1) is 5.10 Å². The van der Waals surface area contributed by atoms with Crippen LogP contribution in [0.2, 0.25) is 0 Å². The van der Waals surface area contributed by atoms with E-state index in [0.717, 1.165) is 17.7 Å². The van der Waals surface area contributed by atoms with Crippen LogP contribution in [0.4, 0.5) is 24.7 Å². The Hall–Kier alpha value is -4.74. The summed E-state index contributed by atoms with van der Waals surface area (Å²) in [7, 11) is 1.37. The molecule has 2 amide bonds. The van der Waals surface area contributed by atoms with Gasteiger partial charge >= 0.3 is 6.18 Å². The number of rotatable bonds is 9. The number of amides is 2. The number of anilines is 2. The average molecular weight is 581 g/mol. The number of halogens is 3. The standard InChI is InChI=1S/C30H31F3N6O3/c1-17(2)6-8-20-12-23(30(31,32)33)14-24(28(20)42-5)36-29(41)21-9-7-18(3)26(13-21)39-16-25(37-38-39)22-10-11-27(34-15-22)35-19(4)40/h7,9-17H,6,8H2,1-5H3,(H,36,41)(H,34,35,40). The number of nitrogens with one attached hydrogen (secondary N) is 2. The Labute approximate surface area is 241 Å². The average Bonchev–Trinajstić information content (AvgIpc) is 3.41. The van der Waals surface area contributed by atoms with Crippen molar-refractivity contribution in [3.63, 3.8) is 0 Å². The second kappa shape index (κ2) is 12.4. The lowest BCUT2D eigenvalue weighted by molar-refractivity contribution is -0.137. The molecule has 0 aliphatic rings. The maximum atomic E-state index is 13.7. The lowest BCUT2D eigenvalue weighted by Crippen LogP contribution is -2.16. The zero-order chi connectivity index (χ0) is 30.6. The summed E-state index contributed by atoms with van der Waals surface area (Å²) in [6, 6.07) is 10.2. The van der Waals surface area contributed by atoms with Crippen LogP contribution >= 0.6 is 0 Å². The maximum Gasteiger partial charge on any atom is 0.416 e. The fraction of sp³-hybridized carbons (Fsp3) is 0.300. The molecule has 0 aliphatic heterocycles. The Bertz CT molecular complexity index is 1600. The molecule has 0 fully saturated rings. The summed E-state index contributed by atoms with van der Waals surface area (Å²) in [5.74, 6) is 0.0198. The molecule has 0 saturated heterocycles. The van der Waals surface area contributed by atoms with Crippen molar-refractivity contribution in [2.45, 2.75) is 46.7 Å². The highest BCUT2D eigenvalue weighted by Crippen LogP contribution is 2.39. The molecule has 0 radical (unpaired) electrons. The topological polar surface area (TPSA) is 111 Å². The molecule has 4 rings (SSSR count). The minimum absolute atomic E-state index is 0.0588. The Morgan fingerprint density at radius 3 is 2.45 bits per heavy atom. The van der Waals surface area contributed by atoms with Gasteiger partial charge in [0.2, 0.25) is 5.91 Å². The largest absolute Gasteiger partial charge is 0.494 e. The SMILES string of the molecule is COc1c(CCC(C)C)cc(C(F)(F)F)cc1NC(=O)c1ccc(C)c(-n2cc(-c3ccc(NC(C)=O)nc3)nn2)c1. The summed E-state index contributed by atoms with van der Waals surface area (Å²) in [6.45, 7) is 7.19. The van der Waals surface area contributed by atoms with Crippen molar-refractivity contribution < 1.29 is 27.5 Å². The quantitative estimate of drug-likeness (QED) is 0.235. The van der Waals surface area contributed by atoms with Gasteiger partial charge in [0, 0.05) is 24.2 Å². The number of hydrogen-bond donors (Lipinski definition) is 2. The van der Waals surface area contributed by atoms with Crippen molar-refractivity contribution in [3.8, 4) is 22.7 Å². The Kier molecular flexibility index (Phi) is 8.93. The molecule has 0 spiro atoms. The minimum Gasteiger partial charge on any atom is -0.494 e. The number of nitrogens with zero attached hydrogens (tertiary/aromatic N) is 4. The van der Waals surface area contributed by atoms with E-state index in [-0.39, 0.29) is 28.8 Å². The first-order chi connectivity index (χ1) is 19.8. The summed E-state index contributed by atoms with van der Waals surface area (Å²) in [5.41, 5.74) is 2.16. The van der Waals surface area contributed by atoms with Crippen LogP contribution < -0.4 is 15.4 Å². The predicted molar refractivity (Wildman–Crippen MR) is 153 cm³/mol. The highest BCUT2D eigenvalue weighted by atomic mass is 19.4. The zero-order valence-electron chi connectivity index (χ0n) is 23.8. The van der Waals surface area contributed by atoms with Crippen molar-refractivity contribution in [2.24, 2.45) is 5.92 Å². The highest BCUT2D eigenvalue weighted by Gasteiger charge is 2.33. The number of methoxy groups -OCH3 is 1. The molecule has 0 bridgehead atoms. The molecular formula is C30H31F3N6O3. The molecule has 9 nitrogen and oxygen atoms in total. The van der Waals surface area contributed by atoms with Gasteiger partial charge in [-0.25, -0.2) is 9.67 Å². The molecule has 0 saturated carbocycles. The number of aromatic nitrogens is 4. The van der Waals surface area contributed by atoms with Crippen molar-refractivity contribution in [2.75, 3.05) is 17.7 Å². The zero-order valence-corrected chi connectivity index (χ0v) is 23.8. The third-order valence-electron chi connectivity index (χ3n) is 6.51. The molecule has 220 valence electrons. The first-order valence-corrected chi connectivity index (χ1v) is 13.2. The van der Waals surface area contributed by atoms with E-state index in [1.807, 2.05) is 20.8 Å². The molecule has 4 aromatic rings. The number of pyridine rings is 1. The van der Waals surface area contributed by atoms with Crippen molar-refractivity contribution >= 4 is 23.3 Å². The molecule has 0 atom stereocenters. The first kappa shape index (κ1) is 30.2. The fourth-order valence-corrected chi connectivity index (χ4v) is 4.32. The minimum atomic E-state index is -4.60. The first-order valence-electron chi connectivity index (χ1n) is 13.2. The molecular weight excluding hydrogens is 549 g/mol. The lowest BCUT2D eigenvalue weighted by atomic mass is 9.98. The van der Waals surface area contributed by atoms with E-state index in [0.29, 0.717) is 41.2 Å². The smallest absolute Gasteiger partial charge is 0.416 e. The van der Waals surface area contributed by atoms with E-state index in [1.54, 1.807) is 42.7 Å². The summed E-state index contributed by atoms with van der Waals surface area (Å²) in [5, 5.41) is 13.6. The van der Waals surface area contributed by atoms with Gasteiger partial charge in [0.1, 0.15) is 17.3 Å². The molecule has 12 heteroatoms. The molecule has 2 aromatic heterocycles. The number of carbonyl (C=O) groups is 2. The van der Waals surface area contributed by atoms with Crippen LogP contribution in [-0.4, -0.2) is 38.9 Å². The second-order valence-corrected chi connectivity index (χ2v) is 10.3. The van der Waals surface area contributed by atoms with E-state index in [4.69, 9.17) is 4.74 Å². The Morgan fingerprint density at radius 2 is 1.83 bits per heavy atom. The van der Waals surface area contributed by atoms with E-state index < -0.39 is 17.6 Å². The van der Waals surface area contributed by atoms with E-state index in [2.05, 4.69) is 25.9 Å². The third-order valence-corrected chi connectivity index (χ3v) is 6.51. The number of benzene rings is 2. The van der Waals surface area contributed by atoms with Crippen molar-refractivity contribution in [3.05, 3.63) is 77.1 Å². The van der Waals surface area contributed by atoms with Crippen molar-refractivity contribution in [1.82, 2.24) is 20.0 Å². The normalized spacial score (nSPS) is 11.5. The summed E-state index contributed by atoms with van der Waals surface area (Å²) < 4.78 is 48.2. The molecule has 2 aromatic carbocycles. The number of ether oxygens (including phenoxy) is 1. The van der Waals surface area contributed by atoms with Crippen LogP contribution in [0, 0.1) is 12.8 Å². The lowest BCUT2D eigenvalue weighted by Gasteiger charge is -2.19. The van der Waals surface area contributed by atoms with E-state index in [1.165, 1.54) is 18.7 Å². The van der Waals surface area contributed by atoms with E-state index >= 15 is 0 Å². The maximum absolute atomic E-state index is 13.7. The van der Waals surface area contributed by atoms with Crippen LogP contribution in [0.25, 0.3) is 16.9 Å². The van der Waals surface area contributed by atoms with Crippen LogP contribution in [0.15, 0.2) is 54.9 Å². The molecule has 0 aliphatic carbocycles. The Morgan fingerprint density at radius 1 is 1.07 bits per heavy atom. The summed E-state index contributed by atoms with van der Waals surface area (Å²) in [6.07, 6.45) is -0.367. The summed E-state index contributed by atoms with van der Waals surface area (Å²) >= 11 is 0. The van der Waals surface area contributed by atoms with Gasteiger partial charge in [0.15, 0.2) is 0 Å². The molecule has 2 heterocycles. The van der Waals surface area contributed by atoms with Crippen LogP contribution in [0.3, 0.4) is 0 Å². The van der Waals surface area contributed by atoms with Gasteiger partial charge in [-0.05, 0) is 73.2 Å². The highest BCUT2D eigenvalue weighted by molar-refractivity contribution is 6.05.